The molecule has 21 heavy (non-hydrogen) atoms. The standard InChI is InChI=1S/C13H14N2O4S2/c1-8-2-3-11(19-8)13-15-10(6-20-13)12(16)14-9-4-5-21(17,18)7-9/h2-3,6,9H,4-5,7H2,1H3,(H,14,16)/t9-/m1/s1. The van der Waals surface area contributed by atoms with Crippen molar-refractivity contribution in [3.63, 3.8) is 0 Å². The van der Waals surface area contributed by atoms with Crippen molar-refractivity contribution in [2.45, 2.75) is 19.4 Å². The van der Waals surface area contributed by atoms with Crippen LogP contribution >= 0.6 is 11.3 Å². The third kappa shape index (κ3) is 3.16. The van der Waals surface area contributed by atoms with Gasteiger partial charge in [-0.05, 0) is 25.5 Å². The van der Waals surface area contributed by atoms with Crippen molar-refractivity contribution in [2.24, 2.45) is 0 Å². The molecule has 3 heterocycles. The first-order valence-electron chi connectivity index (χ1n) is 6.46. The predicted molar refractivity (Wildman–Crippen MR) is 79.1 cm³/mol. The van der Waals surface area contributed by atoms with Crippen molar-refractivity contribution in [3.05, 3.63) is 29.0 Å². The molecular formula is C13H14N2O4S2. The Hall–Kier alpha value is -1.67. The summed E-state index contributed by atoms with van der Waals surface area (Å²) in [6.07, 6.45) is 0.461. The van der Waals surface area contributed by atoms with Crippen LogP contribution in [0.2, 0.25) is 0 Å². The number of sulfone groups is 1. The van der Waals surface area contributed by atoms with Crippen molar-refractivity contribution >= 4 is 27.1 Å². The lowest BCUT2D eigenvalue weighted by atomic mass is 10.2. The van der Waals surface area contributed by atoms with Gasteiger partial charge in [0, 0.05) is 11.4 Å². The van der Waals surface area contributed by atoms with Crippen molar-refractivity contribution in [3.8, 4) is 10.8 Å². The highest BCUT2D eigenvalue weighted by atomic mass is 32.2. The lowest BCUT2D eigenvalue weighted by Crippen LogP contribution is -2.35. The van der Waals surface area contributed by atoms with Gasteiger partial charge in [-0.2, -0.15) is 0 Å². The Labute approximate surface area is 126 Å². The number of nitrogens with one attached hydrogen (secondary N) is 1. The summed E-state index contributed by atoms with van der Waals surface area (Å²) in [5, 5.41) is 4.99. The molecule has 1 fully saturated rings. The Bertz CT molecular complexity index is 776. The maximum atomic E-state index is 12.1. The van der Waals surface area contributed by atoms with Crippen LogP contribution in [0.3, 0.4) is 0 Å². The Morgan fingerprint density at radius 1 is 1.48 bits per heavy atom. The largest absolute Gasteiger partial charge is 0.459 e. The number of aryl methyl sites for hydroxylation is 1. The van der Waals surface area contributed by atoms with Crippen molar-refractivity contribution < 1.29 is 17.6 Å². The van der Waals surface area contributed by atoms with Gasteiger partial charge in [0.25, 0.3) is 5.91 Å². The molecule has 0 radical (unpaired) electrons. The van der Waals surface area contributed by atoms with E-state index < -0.39 is 9.84 Å². The molecule has 0 spiro atoms. The quantitative estimate of drug-likeness (QED) is 0.926. The SMILES string of the molecule is Cc1ccc(-c2nc(C(=O)N[C@@H]3CCS(=O)(=O)C3)cs2)o1. The summed E-state index contributed by atoms with van der Waals surface area (Å²) < 4.78 is 28.2. The first kappa shape index (κ1) is 14.3. The summed E-state index contributed by atoms with van der Waals surface area (Å²) in [6, 6.07) is 3.32. The minimum absolute atomic E-state index is 0.00706. The highest BCUT2D eigenvalue weighted by molar-refractivity contribution is 7.91. The van der Waals surface area contributed by atoms with Gasteiger partial charge in [0.15, 0.2) is 20.6 Å². The molecule has 1 atom stereocenters. The lowest BCUT2D eigenvalue weighted by Gasteiger charge is -2.08. The number of thiazole rings is 1. The summed E-state index contributed by atoms with van der Waals surface area (Å²) in [5.41, 5.74) is 0.286. The minimum atomic E-state index is -3.01. The van der Waals surface area contributed by atoms with Gasteiger partial charge >= 0.3 is 0 Å². The van der Waals surface area contributed by atoms with Gasteiger partial charge in [0.05, 0.1) is 11.5 Å². The van der Waals surface area contributed by atoms with Crippen molar-refractivity contribution in [2.75, 3.05) is 11.5 Å². The van der Waals surface area contributed by atoms with Crippen LogP contribution in [0.15, 0.2) is 21.9 Å². The molecule has 112 valence electrons. The van der Waals surface area contributed by atoms with E-state index in [2.05, 4.69) is 10.3 Å². The molecule has 0 bridgehead atoms. The highest BCUT2D eigenvalue weighted by Gasteiger charge is 2.29. The predicted octanol–water partition coefficient (Wildman–Crippen LogP) is 1.63. The van der Waals surface area contributed by atoms with Crippen LogP contribution in [0.1, 0.15) is 22.7 Å². The Morgan fingerprint density at radius 2 is 2.29 bits per heavy atom. The van der Waals surface area contributed by atoms with E-state index in [9.17, 15) is 13.2 Å². The monoisotopic (exact) mass is 326 g/mol. The van der Waals surface area contributed by atoms with E-state index in [0.29, 0.717) is 17.2 Å². The van der Waals surface area contributed by atoms with Crippen LogP contribution in [-0.2, 0) is 9.84 Å². The number of furan rings is 1. The molecule has 2 aromatic heterocycles. The van der Waals surface area contributed by atoms with Crippen LogP contribution in [0.4, 0.5) is 0 Å². The molecule has 1 amide bonds. The Kier molecular flexibility index (Phi) is 3.58. The second-order valence-corrected chi connectivity index (χ2v) is 8.11. The number of carbonyl (C=O) groups is 1. The third-order valence-electron chi connectivity index (χ3n) is 3.26. The van der Waals surface area contributed by atoms with Gasteiger partial charge < -0.3 is 9.73 Å². The maximum absolute atomic E-state index is 12.1. The third-order valence-corrected chi connectivity index (χ3v) is 5.88. The van der Waals surface area contributed by atoms with E-state index in [4.69, 9.17) is 4.42 Å². The van der Waals surface area contributed by atoms with Crippen LogP contribution in [0.25, 0.3) is 10.8 Å². The molecule has 1 aliphatic heterocycles. The lowest BCUT2D eigenvalue weighted by molar-refractivity contribution is 0.0937. The van der Waals surface area contributed by atoms with Gasteiger partial charge in [-0.25, -0.2) is 13.4 Å². The van der Waals surface area contributed by atoms with Gasteiger partial charge in [0.2, 0.25) is 0 Å². The summed E-state index contributed by atoms with van der Waals surface area (Å²) in [4.78, 5) is 16.3. The van der Waals surface area contributed by atoms with E-state index in [1.54, 1.807) is 11.4 Å². The molecule has 0 unspecified atom stereocenters. The van der Waals surface area contributed by atoms with Crippen LogP contribution < -0.4 is 5.32 Å². The number of nitrogens with zero attached hydrogens (tertiary/aromatic N) is 1. The van der Waals surface area contributed by atoms with Gasteiger partial charge in [-0.1, -0.05) is 0 Å². The summed E-state index contributed by atoms with van der Waals surface area (Å²) in [5.74, 6) is 1.20. The second-order valence-electron chi connectivity index (χ2n) is 5.02. The van der Waals surface area contributed by atoms with Gasteiger partial charge in [-0.3, -0.25) is 4.79 Å². The normalized spacial score (nSPS) is 20.5. The summed E-state index contributed by atoms with van der Waals surface area (Å²) in [6.45, 7) is 1.84. The molecule has 2 aromatic rings. The zero-order valence-corrected chi connectivity index (χ0v) is 13.0. The molecular weight excluding hydrogens is 312 g/mol. The van der Waals surface area contributed by atoms with E-state index >= 15 is 0 Å². The zero-order chi connectivity index (χ0) is 15.0. The fraction of sp³-hybridized carbons (Fsp3) is 0.385. The van der Waals surface area contributed by atoms with Crippen LogP contribution in [0.5, 0.6) is 0 Å². The smallest absolute Gasteiger partial charge is 0.271 e. The molecule has 3 rings (SSSR count). The van der Waals surface area contributed by atoms with Crippen LogP contribution in [-0.4, -0.2) is 36.9 Å². The van der Waals surface area contributed by atoms with E-state index in [0.717, 1.165) is 5.76 Å². The van der Waals surface area contributed by atoms with E-state index in [1.807, 2.05) is 13.0 Å². The van der Waals surface area contributed by atoms with Gasteiger partial charge in [0.1, 0.15) is 11.5 Å². The average Bonchev–Trinajstić information content (AvgIpc) is 3.09. The number of carbonyl (C=O) groups excluding carboxylic acids is 1. The number of aromatic nitrogens is 1. The topological polar surface area (TPSA) is 89.3 Å². The molecule has 1 aliphatic rings. The molecule has 0 saturated carbocycles. The first-order chi connectivity index (χ1) is 9.93. The van der Waals surface area contributed by atoms with E-state index in [1.165, 1.54) is 11.3 Å². The molecule has 0 aromatic carbocycles. The zero-order valence-electron chi connectivity index (χ0n) is 11.3. The second kappa shape index (κ2) is 5.27. The maximum Gasteiger partial charge on any atom is 0.271 e. The molecule has 1 saturated heterocycles. The number of amides is 1. The van der Waals surface area contributed by atoms with E-state index in [-0.39, 0.29) is 29.1 Å². The summed E-state index contributed by atoms with van der Waals surface area (Å²) in [7, 11) is -3.01. The average molecular weight is 326 g/mol. The Balaban J connectivity index is 1.70. The fourth-order valence-electron chi connectivity index (χ4n) is 2.21. The molecule has 0 aliphatic carbocycles. The van der Waals surface area contributed by atoms with Crippen molar-refractivity contribution in [1.29, 1.82) is 0 Å². The number of hydrogen-bond donors (Lipinski definition) is 1. The van der Waals surface area contributed by atoms with Gasteiger partial charge in [-0.15, -0.1) is 11.3 Å². The molecule has 6 nitrogen and oxygen atoms in total. The number of rotatable bonds is 3. The summed E-state index contributed by atoms with van der Waals surface area (Å²) >= 11 is 1.32. The fourth-order valence-corrected chi connectivity index (χ4v) is 4.64. The first-order valence-corrected chi connectivity index (χ1v) is 9.17. The number of hydrogen-bond acceptors (Lipinski definition) is 6. The minimum Gasteiger partial charge on any atom is -0.459 e. The van der Waals surface area contributed by atoms with Crippen LogP contribution in [0, 0.1) is 6.92 Å². The van der Waals surface area contributed by atoms with Crippen molar-refractivity contribution in [1.82, 2.24) is 10.3 Å². The Morgan fingerprint density at radius 3 is 2.90 bits per heavy atom. The highest BCUT2D eigenvalue weighted by Crippen LogP contribution is 2.25. The molecule has 1 N–H and O–H groups in total. The molecule has 8 heteroatoms.